The van der Waals surface area contributed by atoms with Crippen LogP contribution in [0.15, 0.2) is 48.1 Å². The molecule has 24 heavy (non-hydrogen) atoms. The molecule has 1 aliphatic rings. The Balaban J connectivity index is 1.39. The van der Waals surface area contributed by atoms with Crippen molar-refractivity contribution < 1.29 is 4.79 Å². The van der Waals surface area contributed by atoms with Crippen molar-refractivity contribution in [2.75, 3.05) is 18.0 Å². The number of carbonyl (C=O) groups is 1. The van der Waals surface area contributed by atoms with Crippen molar-refractivity contribution >= 4 is 23.1 Å². The second kappa shape index (κ2) is 6.45. The lowest BCUT2D eigenvalue weighted by Crippen LogP contribution is -2.37. The van der Waals surface area contributed by atoms with E-state index in [1.807, 2.05) is 6.07 Å². The van der Waals surface area contributed by atoms with Crippen molar-refractivity contribution in [1.82, 2.24) is 20.5 Å². The van der Waals surface area contributed by atoms with Gasteiger partial charge in [-0.15, -0.1) is 11.3 Å². The fraction of sp³-hybridized carbons (Fsp3) is 0.235. The molecule has 6 nitrogen and oxygen atoms in total. The molecule has 0 aliphatic carbocycles. The lowest BCUT2D eigenvalue weighted by molar-refractivity contribution is 0.0940. The fourth-order valence-corrected chi connectivity index (χ4v) is 3.58. The molecule has 1 saturated heterocycles. The Morgan fingerprint density at radius 3 is 3.12 bits per heavy atom. The normalized spacial score (nSPS) is 17.2. The molecule has 3 aromatic heterocycles. The zero-order valence-electron chi connectivity index (χ0n) is 13.0. The Kier molecular flexibility index (Phi) is 4.00. The number of thiophene rings is 1. The third kappa shape index (κ3) is 3.03. The van der Waals surface area contributed by atoms with Crippen molar-refractivity contribution in [1.29, 1.82) is 0 Å². The molecule has 4 rings (SSSR count). The summed E-state index contributed by atoms with van der Waals surface area (Å²) in [5, 5.41) is 12.6. The van der Waals surface area contributed by atoms with Gasteiger partial charge in [0.25, 0.3) is 5.91 Å². The van der Waals surface area contributed by atoms with Gasteiger partial charge in [0, 0.05) is 37.6 Å². The number of anilines is 1. The Bertz CT molecular complexity index is 815. The molecule has 7 heteroatoms. The maximum absolute atomic E-state index is 12.2. The molecule has 0 radical (unpaired) electrons. The molecule has 0 unspecified atom stereocenters. The summed E-state index contributed by atoms with van der Waals surface area (Å²) >= 11 is 1.69. The molecule has 4 heterocycles. The quantitative estimate of drug-likeness (QED) is 0.766. The van der Waals surface area contributed by atoms with Crippen LogP contribution in [0.5, 0.6) is 0 Å². The SMILES string of the molecule is O=C(N[C@@H]1CCN(c2cc(-c3cccs3)[nH]n2)C1)c1cccnc1. The second-order valence-corrected chi connectivity index (χ2v) is 6.71. The Morgan fingerprint density at radius 1 is 1.38 bits per heavy atom. The van der Waals surface area contributed by atoms with Crippen LogP contribution >= 0.6 is 11.3 Å². The van der Waals surface area contributed by atoms with Gasteiger partial charge in [-0.1, -0.05) is 6.07 Å². The summed E-state index contributed by atoms with van der Waals surface area (Å²) in [4.78, 5) is 19.6. The summed E-state index contributed by atoms with van der Waals surface area (Å²) in [6.45, 7) is 1.65. The predicted octanol–water partition coefficient (Wildman–Crippen LogP) is 2.54. The van der Waals surface area contributed by atoms with Crippen LogP contribution in [0.3, 0.4) is 0 Å². The highest BCUT2D eigenvalue weighted by atomic mass is 32.1. The zero-order chi connectivity index (χ0) is 16.4. The highest BCUT2D eigenvalue weighted by Crippen LogP contribution is 2.27. The van der Waals surface area contributed by atoms with E-state index in [2.05, 4.69) is 42.9 Å². The van der Waals surface area contributed by atoms with Gasteiger partial charge in [0.1, 0.15) is 0 Å². The van der Waals surface area contributed by atoms with Crippen LogP contribution in [0.25, 0.3) is 10.6 Å². The Morgan fingerprint density at radius 2 is 2.33 bits per heavy atom. The van der Waals surface area contributed by atoms with Crippen LogP contribution in [0.1, 0.15) is 16.8 Å². The lowest BCUT2D eigenvalue weighted by Gasteiger charge is -2.16. The number of pyridine rings is 1. The van der Waals surface area contributed by atoms with E-state index in [0.717, 1.165) is 31.0 Å². The van der Waals surface area contributed by atoms with Gasteiger partial charge in [0.15, 0.2) is 5.82 Å². The second-order valence-electron chi connectivity index (χ2n) is 5.76. The number of hydrogen-bond donors (Lipinski definition) is 2. The summed E-state index contributed by atoms with van der Waals surface area (Å²) < 4.78 is 0. The number of H-pyrrole nitrogens is 1. The number of carbonyl (C=O) groups excluding carboxylic acids is 1. The highest BCUT2D eigenvalue weighted by molar-refractivity contribution is 7.13. The molecule has 0 saturated carbocycles. The van der Waals surface area contributed by atoms with Crippen LogP contribution < -0.4 is 10.2 Å². The summed E-state index contributed by atoms with van der Waals surface area (Å²) in [7, 11) is 0. The molecule has 1 amide bonds. The zero-order valence-corrected chi connectivity index (χ0v) is 13.8. The highest BCUT2D eigenvalue weighted by Gasteiger charge is 2.26. The van der Waals surface area contributed by atoms with E-state index >= 15 is 0 Å². The van der Waals surface area contributed by atoms with Crippen LogP contribution in [-0.2, 0) is 0 Å². The van der Waals surface area contributed by atoms with Crippen molar-refractivity contribution in [3.8, 4) is 10.6 Å². The van der Waals surface area contributed by atoms with Gasteiger partial charge in [-0.25, -0.2) is 0 Å². The maximum Gasteiger partial charge on any atom is 0.253 e. The van der Waals surface area contributed by atoms with Gasteiger partial charge in [0.05, 0.1) is 16.1 Å². The molecule has 1 fully saturated rings. The monoisotopic (exact) mass is 339 g/mol. The molecule has 122 valence electrons. The minimum absolute atomic E-state index is 0.0729. The summed E-state index contributed by atoms with van der Waals surface area (Å²) in [6.07, 6.45) is 4.16. The van der Waals surface area contributed by atoms with E-state index in [-0.39, 0.29) is 11.9 Å². The van der Waals surface area contributed by atoms with E-state index in [1.165, 1.54) is 4.88 Å². The standard InChI is InChI=1S/C17H17N5OS/c23-17(12-3-1-6-18-10-12)19-13-5-7-22(11-13)16-9-14(20-21-16)15-4-2-8-24-15/h1-4,6,8-10,13H,5,7,11H2,(H,19,23)(H,20,21)/t13-/m1/s1. The number of aromatic nitrogens is 3. The third-order valence-corrected chi connectivity index (χ3v) is 5.03. The first-order valence-electron chi connectivity index (χ1n) is 7.85. The molecule has 1 aliphatic heterocycles. The first kappa shape index (κ1) is 14.9. The van der Waals surface area contributed by atoms with E-state index < -0.39 is 0 Å². The van der Waals surface area contributed by atoms with Crippen molar-refractivity contribution in [3.63, 3.8) is 0 Å². The van der Waals surface area contributed by atoms with Crippen LogP contribution in [-0.4, -0.2) is 40.2 Å². The fourth-order valence-electron chi connectivity index (χ4n) is 2.88. The van der Waals surface area contributed by atoms with Gasteiger partial charge in [-0.05, 0) is 30.0 Å². The minimum atomic E-state index is -0.0729. The Labute approximate surface area is 143 Å². The first-order chi connectivity index (χ1) is 11.8. The van der Waals surface area contributed by atoms with Crippen LogP contribution in [0.2, 0.25) is 0 Å². The average Bonchev–Trinajstić information content (AvgIpc) is 3.36. The number of hydrogen-bond acceptors (Lipinski definition) is 5. The largest absolute Gasteiger partial charge is 0.353 e. The van der Waals surface area contributed by atoms with Crippen LogP contribution in [0, 0.1) is 0 Å². The molecule has 0 spiro atoms. The number of nitrogens with one attached hydrogen (secondary N) is 2. The summed E-state index contributed by atoms with van der Waals surface area (Å²) in [5.74, 6) is 0.854. The maximum atomic E-state index is 12.2. The van der Waals surface area contributed by atoms with Crippen molar-refractivity contribution in [2.24, 2.45) is 0 Å². The van der Waals surface area contributed by atoms with Crippen molar-refractivity contribution in [2.45, 2.75) is 12.5 Å². The number of rotatable bonds is 4. The van der Waals surface area contributed by atoms with Gasteiger partial charge in [0.2, 0.25) is 0 Å². The lowest BCUT2D eigenvalue weighted by atomic mass is 10.2. The first-order valence-corrected chi connectivity index (χ1v) is 8.73. The van der Waals surface area contributed by atoms with E-state index in [4.69, 9.17) is 0 Å². The van der Waals surface area contributed by atoms with Gasteiger partial charge in [-0.3, -0.25) is 14.9 Å². The smallest absolute Gasteiger partial charge is 0.253 e. The number of aromatic amines is 1. The third-order valence-electron chi connectivity index (χ3n) is 4.12. The van der Waals surface area contributed by atoms with Crippen molar-refractivity contribution in [3.05, 3.63) is 53.7 Å². The molecule has 2 N–H and O–H groups in total. The average molecular weight is 339 g/mol. The summed E-state index contributed by atoms with van der Waals surface area (Å²) in [5.41, 5.74) is 1.62. The molecule has 3 aromatic rings. The topological polar surface area (TPSA) is 73.9 Å². The van der Waals surface area contributed by atoms with E-state index in [0.29, 0.717) is 5.56 Å². The number of nitrogens with zero attached hydrogens (tertiary/aromatic N) is 3. The molecular weight excluding hydrogens is 322 g/mol. The van der Waals surface area contributed by atoms with Crippen LogP contribution in [0.4, 0.5) is 5.82 Å². The Hall–Kier alpha value is -2.67. The minimum Gasteiger partial charge on any atom is -0.353 e. The molecule has 1 atom stereocenters. The van der Waals surface area contributed by atoms with Gasteiger partial charge in [-0.2, -0.15) is 5.10 Å². The molecular formula is C17H17N5OS. The summed E-state index contributed by atoms with van der Waals surface area (Å²) in [6, 6.07) is 9.84. The van der Waals surface area contributed by atoms with E-state index in [1.54, 1.807) is 35.9 Å². The predicted molar refractivity (Wildman–Crippen MR) is 94.2 cm³/mol. The van der Waals surface area contributed by atoms with Gasteiger partial charge >= 0.3 is 0 Å². The van der Waals surface area contributed by atoms with Gasteiger partial charge < -0.3 is 10.2 Å². The number of amides is 1. The molecule has 0 bridgehead atoms. The van der Waals surface area contributed by atoms with E-state index in [9.17, 15) is 4.79 Å². The molecule has 0 aromatic carbocycles.